The minimum absolute atomic E-state index is 0.0290. The fraction of sp³-hybridized carbons (Fsp3) is 0.462. The van der Waals surface area contributed by atoms with Crippen LogP contribution in [0.15, 0.2) is 36.8 Å². The van der Waals surface area contributed by atoms with Gasteiger partial charge in [-0.1, -0.05) is 18.8 Å². The fourth-order valence-electron chi connectivity index (χ4n) is 3.73. The van der Waals surface area contributed by atoms with Crippen molar-refractivity contribution in [1.82, 2.24) is 24.7 Å². The van der Waals surface area contributed by atoms with Crippen LogP contribution in [0.4, 0.5) is 0 Å². The number of fused-ring (bicyclic) bond motifs is 1. The second-order valence-corrected chi connectivity index (χ2v) is 9.20. The number of aliphatic hydroxyl groups is 1. The number of rotatable bonds is 6. The number of aliphatic hydroxyl groups excluding tert-OH is 1. The van der Waals surface area contributed by atoms with E-state index >= 15 is 0 Å². The molecule has 3 atom stereocenters. The van der Waals surface area contributed by atoms with Crippen molar-refractivity contribution in [2.75, 3.05) is 47.4 Å². The number of hydrogen-bond acceptors (Lipinski definition) is 7. The van der Waals surface area contributed by atoms with E-state index in [9.17, 15) is 14.7 Å². The number of pyridine rings is 2. The number of carbonyl (C=O) groups is 2. The zero-order chi connectivity index (χ0) is 25.5. The summed E-state index contributed by atoms with van der Waals surface area (Å²) >= 11 is 0. The lowest BCUT2D eigenvalue weighted by molar-refractivity contribution is -0.132. The van der Waals surface area contributed by atoms with Crippen molar-refractivity contribution in [2.24, 2.45) is 5.92 Å². The van der Waals surface area contributed by atoms with E-state index in [1.165, 1.54) is 0 Å². The molecule has 35 heavy (non-hydrogen) atoms. The third kappa shape index (κ3) is 6.78. The van der Waals surface area contributed by atoms with Gasteiger partial charge >= 0.3 is 0 Å². The Morgan fingerprint density at radius 1 is 1.29 bits per heavy atom. The minimum Gasteiger partial charge on any atom is -0.472 e. The number of likely N-dealkylation sites (N-methyl/N-ethyl adjacent to an activating group) is 2. The van der Waals surface area contributed by atoms with E-state index < -0.39 is 12.1 Å². The fourth-order valence-corrected chi connectivity index (χ4v) is 3.73. The monoisotopic (exact) mass is 479 g/mol. The third-order valence-electron chi connectivity index (χ3n) is 5.86. The maximum atomic E-state index is 13.5. The van der Waals surface area contributed by atoms with Gasteiger partial charge in [0.2, 0.25) is 11.8 Å². The van der Waals surface area contributed by atoms with Crippen LogP contribution in [0.2, 0.25) is 0 Å². The molecule has 9 heteroatoms. The van der Waals surface area contributed by atoms with Crippen molar-refractivity contribution in [1.29, 1.82) is 0 Å². The number of carbonyl (C=O) groups excluding carboxylic acids is 2. The summed E-state index contributed by atoms with van der Waals surface area (Å²) in [5.74, 6) is 5.83. The molecule has 3 heterocycles. The Balaban J connectivity index is 1.95. The lowest BCUT2D eigenvalue weighted by Crippen LogP contribution is -2.51. The summed E-state index contributed by atoms with van der Waals surface area (Å²) in [6.07, 6.45) is 4.51. The molecule has 186 valence electrons. The van der Waals surface area contributed by atoms with Crippen LogP contribution >= 0.6 is 0 Å². The van der Waals surface area contributed by atoms with E-state index in [2.05, 4.69) is 21.8 Å². The zero-order valence-electron chi connectivity index (χ0n) is 20.9. The number of ether oxygens (including phenoxy) is 1. The van der Waals surface area contributed by atoms with E-state index in [0.29, 0.717) is 18.7 Å². The van der Waals surface area contributed by atoms with Gasteiger partial charge in [0.25, 0.3) is 5.91 Å². The Kier molecular flexibility index (Phi) is 8.79. The lowest BCUT2D eigenvalue weighted by Gasteiger charge is -2.37. The largest absolute Gasteiger partial charge is 0.472 e. The van der Waals surface area contributed by atoms with E-state index in [0.717, 1.165) is 5.56 Å². The summed E-state index contributed by atoms with van der Waals surface area (Å²) in [6.45, 7) is 4.59. The summed E-state index contributed by atoms with van der Waals surface area (Å²) in [6, 6.07) is 4.92. The van der Waals surface area contributed by atoms with Gasteiger partial charge in [-0.05, 0) is 39.2 Å². The number of amides is 2. The molecule has 1 aliphatic rings. The average molecular weight is 480 g/mol. The normalized spacial score (nSPS) is 18.5. The van der Waals surface area contributed by atoms with Gasteiger partial charge in [-0.3, -0.25) is 14.6 Å². The van der Waals surface area contributed by atoms with Crippen molar-refractivity contribution in [3.8, 4) is 17.7 Å². The Labute approximate surface area is 206 Å². The van der Waals surface area contributed by atoms with Crippen LogP contribution in [0.5, 0.6) is 5.88 Å². The number of hydrogen-bond donors (Lipinski definition) is 1. The van der Waals surface area contributed by atoms with Gasteiger partial charge in [0.05, 0.1) is 25.7 Å². The second-order valence-electron chi connectivity index (χ2n) is 9.20. The molecule has 0 radical (unpaired) electrons. The van der Waals surface area contributed by atoms with Crippen LogP contribution in [0.3, 0.4) is 0 Å². The quantitative estimate of drug-likeness (QED) is 0.620. The smallest absolute Gasteiger partial charge is 0.259 e. The molecule has 9 nitrogen and oxygen atoms in total. The highest BCUT2D eigenvalue weighted by molar-refractivity contribution is 5.97. The first-order valence-electron chi connectivity index (χ1n) is 11.6. The van der Waals surface area contributed by atoms with Crippen LogP contribution in [-0.2, 0) is 4.79 Å². The average Bonchev–Trinajstić information content (AvgIpc) is 2.84. The molecule has 1 aliphatic heterocycles. The summed E-state index contributed by atoms with van der Waals surface area (Å²) in [5, 5.41) is 9.81. The Morgan fingerprint density at radius 3 is 2.69 bits per heavy atom. The lowest BCUT2D eigenvalue weighted by atomic mass is 10.00. The first-order chi connectivity index (χ1) is 16.7. The van der Waals surface area contributed by atoms with Gasteiger partial charge in [-0.25, -0.2) is 4.98 Å². The van der Waals surface area contributed by atoms with Crippen molar-refractivity contribution in [3.05, 3.63) is 53.5 Å². The standard InChI is InChI=1S/C26H33N5O4/c1-18-14-31(19(2)17-32)26(34)22-11-21(9-8-20-7-6-10-27-12-20)13-28-25(22)35-23(18)15-30(5)24(33)16-29(3)4/h6-7,10-13,18-19,23,32H,14-17H2,1-5H3/t18-,19-,23+/m1/s1. The minimum atomic E-state index is -0.397. The Bertz CT molecular complexity index is 1100. The molecule has 0 saturated heterocycles. The van der Waals surface area contributed by atoms with E-state index in [1.807, 2.05) is 32.0 Å². The molecule has 0 aliphatic carbocycles. The molecule has 1 N–H and O–H groups in total. The molecule has 0 spiro atoms. The van der Waals surface area contributed by atoms with Gasteiger partial charge in [0.15, 0.2) is 0 Å². The van der Waals surface area contributed by atoms with Gasteiger partial charge in [-0.2, -0.15) is 0 Å². The predicted octanol–water partition coefficient (Wildman–Crippen LogP) is 1.12. The third-order valence-corrected chi connectivity index (χ3v) is 5.86. The molecular weight excluding hydrogens is 446 g/mol. The molecule has 0 fully saturated rings. The molecule has 0 bridgehead atoms. The zero-order valence-corrected chi connectivity index (χ0v) is 20.9. The van der Waals surface area contributed by atoms with Crippen LogP contribution in [0.1, 0.15) is 35.3 Å². The van der Waals surface area contributed by atoms with Crippen molar-refractivity contribution >= 4 is 11.8 Å². The SMILES string of the molecule is C[C@@H]1CN([C@H](C)CO)C(=O)c2cc(C#Cc3cccnc3)cnc2O[C@H]1CN(C)C(=O)CN(C)C. The van der Waals surface area contributed by atoms with Gasteiger partial charge < -0.3 is 24.5 Å². The van der Waals surface area contributed by atoms with Crippen LogP contribution in [-0.4, -0.2) is 101 Å². The molecule has 2 aromatic rings. The highest BCUT2D eigenvalue weighted by Gasteiger charge is 2.34. The molecule has 2 amide bonds. The molecule has 0 unspecified atom stereocenters. The predicted molar refractivity (Wildman–Crippen MR) is 132 cm³/mol. The Morgan fingerprint density at radius 2 is 2.03 bits per heavy atom. The molecule has 3 rings (SSSR count). The van der Waals surface area contributed by atoms with Crippen LogP contribution < -0.4 is 4.74 Å². The highest BCUT2D eigenvalue weighted by atomic mass is 16.5. The number of aromatic nitrogens is 2. The summed E-state index contributed by atoms with van der Waals surface area (Å²) < 4.78 is 6.24. The van der Waals surface area contributed by atoms with Crippen LogP contribution in [0.25, 0.3) is 0 Å². The van der Waals surface area contributed by atoms with Crippen LogP contribution in [0, 0.1) is 17.8 Å². The molecule has 0 aromatic carbocycles. The van der Waals surface area contributed by atoms with Crippen molar-refractivity contribution < 1.29 is 19.4 Å². The maximum absolute atomic E-state index is 13.5. The first-order valence-corrected chi connectivity index (χ1v) is 11.6. The van der Waals surface area contributed by atoms with Gasteiger partial charge in [0.1, 0.15) is 11.7 Å². The highest BCUT2D eigenvalue weighted by Crippen LogP contribution is 2.27. The van der Waals surface area contributed by atoms with Gasteiger partial charge in [-0.15, -0.1) is 0 Å². The number of nitrogens with zero attached hydrogens (tertiary/aromatic N) is 5. The van der Waals surface area contributed by atoms with Crippen molar-refractivity contribution in [2.45, 2.75) is 26.0 Å². The van der Waals surface area contributed by atoms with E-state index in [-0.39, 0.29) is 42.3 Å². The molecule has 0 saturated carbocycles. The first kappa shape index (κ1) is 26.1. The molecule has 2 aromatic heterocycles. The molecular formula is C26H33N5O4. The topological polar surface area (TPSA) is 99.1 Å². The van der Waals surface area contributed by atoms with Gasteiger partial charge in [0, 0.05) is 49.2 Å². The van der Waals surface area contributed by atoms with E-state index in [4.69, 9.17) is 4.74 Å². The summed E-state index contributed by atoms with van der Waals surface area (Å²) in [4.78, 5) is 39.6. The Hall–Kier alpha value is -3.48. The summed E-state index contributed by atoms with van der Waals surface area (Å²) in [5.41, 5.74) is 1.59. The van der Waals surface area contributed by atoms with Crippen molar-refractivity contribution in [3.63, 3.8) is 0 Å². The maximum Gasteiger partial charge on any atom is 0.259 e. The van der Waals surface area contributed by atoms with E-state index in [1.54, 1.807) is 54.5 Å². The second kappa shape index (κ2) is 11.8. The summed E-state index contributed by atoms with van der Waals surface area (Å²) in [7, 11) is 5.43.